The van der Waals surface area contributed by atoms with Crippen LogP contribution in [-0.4, -0.2) is 18.5 Å². The van der Waals surface area contributed by atoms with Gasteiger partial charge in [-0.1, -0.05) is 52.6 Å². The van der Waals surface area contributed by atoms with E-state index in [2.05, 4.69) is 47.2 Å². The summed E-state index contributed by atoms with van der Waals surface area (Å²) < 4.78 is 0. The van der Waals surface area contributed by atoms with Crippen molar-refractivity contribution in [2.45, 2.75) is 41.2 Å². The zero-order valence-corrected chi connectivity index (χ0v) is 16.0. The minimum Gasteiger partial charge on any atom is -0.399 e. The van der Waals surface area contributed by atoms with Crippen LogP contribution in [0.2, 0.25) is 0 Å². The van der Waals surface area contributed by atoms with Crippen LogP contribution in [0.5, 0.6) is 0 Å². The van der Waals surface area contributed by atoms with E-state index in [0.717, 1.165) is 22.3 Å². The Hall–Kier alpha value is -1.67. The molecule has 0 spiro atoms. The van der Waals surface area contributed by atoms with E-state index in [1.54, 1.807) is 7.11 Å². The van der Waals surface area contributed by atoms with Crippen LogP contribution in [0, 0.1) is 5.92 Å². The molecule has 0 aliphatic heterocycles. The van der Waals surface area contributed by atoms with Crippen LogP contribution in [0.15, 0.2) is 45.7 Å². The van der Waals surface area contributed by atoms with E-state index in [0.29, 0.717) is 6.61 Å². The second-order valence-corrected chi connectivity index (χ2v) is 6.33. The Bertz CT molecular complexity index is 617. The summed E-state index contributed by atoms with van der Waals surface area (Å²) in [7, 11) is 4.25. The Kier molecular flexibility index (Phi) is 7.97. The van der Waals surface area contributed by atoms with E-state index in [4.69, 9.17) is 9.68 Å². The highest BCUT2D eigenvalue weighted by molar-refractivity contribution is 7.27. The van der Waals surface area contributed by atoms with Crippen molar-refractivity contribution in [3.05, 3.63) is 41.0 Å². The Morgan fingerprint density at radius 1 is 1.13 bits per heavy atom. The lowest BCUT2D eigenvalue weighted by Gasteiger charge is -2.16. The molecule has 23 heavy (non-hydrogen) atoms. The molecule has 0 saturated heterocycles. The lowest BCUT2D eigenvalue weighted by Crippen LogP contribution is -2.22. The van der Waals surface area contributed by atoms with Crippen molar-refractivity contribution >= 4 is 26.0 Å². The van der Waals surface area contributed by atoms with E-state index >= 15 is 0 Å². The predicted octanol–water partition coefficient (Wildman–Crippen LogP) is 4.07. The normalized spacial score (nSPS) is 13.5. The molecule has 0 amide bonds. The third kappa shape index (κ3) is 5.80. The summed E-state index contributed by atoms with van der Waals surface area (Å²) in [5, 5.41) is 9.47. The molecule has 0 radical (unpaired) electrons. The van der Waals surface area contributed by atoms with Crippen LogP contribution < -0.4 is 5.30 Å². The van der Waals surface area contributed by atoms with Crippen LogP contribution in [0.3, 0.4) is 0 Å². The number of nitrogens with zero attached hydrogens (tertiary/aromatic N) is 2. The molecule has 1 rings (SSSR count). The van der Waals surface area contributed by atoms with Gasteiger partial charge in [0, 0.05) is 5.92 Å². The highest BCUT2D eigenvalue weighted by Crippen LogP contribution is 2.17. The van der Waals surface area contributed by atoms with Crippen LogP contribution >= 0.6 is 9.24 Å². The molecule has 4 nitrogen and oxygen atoms in total. The number of rotatable bonds is 7. The zero-order chi connectivity index (χ0) is 17.4. The third-order valence-corrected chi connectivity index (χ3v) is 4.45. The second kappa shape index (κ2) is 9.46. The fraction of sp³-hybridized carbons (Fsp3) is 0.444. The van der Waals surface area contributed by atoms with Crippen molar-refractivity contribution in [2.75, 3.05) is 7.11 Å². The van der Waals surface area contributed by atoms with Crippen molar-refractivity contribution in [3.63, 3.8) is 0 Å². The summed E-state index contributed by atoms with van der Waals surface area (Å²) in [4.78, 5) is 10.5. The first-order valence-electron chi connectivity index (χ1n) is 7.63. The van der Waals surface area contributed by atoms with Crippen molar-refractivity contribution in [2.24, 2.45) is 16.2 Å². The topological polar surface area (TPSA) is 43.2 Å². The summed E-state index contributed by atoms with van der Waals surface area (Å²) in [6, 6.07) is 8.03. The molecule has 0 heterocycles. The lowest BCUT2D eigenvalue weighted by molar-refractivity contribution is 0.131. The maximum Gasteiger partial charge on any atom is 0.142 e. The first-order valence-corrected chi connectivity index (χ1v) is 8.21. The molecule has 0 aromatic heterocycles. The molecule has 1 aromatic carbocycles. The Morgan fingerprint density at radius 2 is 1.78 bits per heavy atom. The molecule has 2 atom stereocenters. The van der Waals surface area contributed by atoms with Crippen LogP contribution in [-0.2, 0) is 16.3 Å². The average Bonchev–Trinajstić information content (AvgIpc) is 2.52. The molecule has 2 unspecified atom stereocenters. The fourth-order valence-electron chi connectivity index (χ4n) is 2.11. The van der Waals surface area contributed by atoms with Gasteiger partial charge in [0.05, 0.1) is 0 Å². The largest absolute Gasteiger partial charge is 0.399 e. The summed E-state index contributed by atoms with van der Waals surface area (Å²) in [5.41, 5.74) is 5.12. The number of benzene rings is 1. The van der Waals surface area contributed by atoms with E-state index < -0.39 is 0 Å². The van der Waals surface area contributed by atoms with Gasteiger partial charge in [-0.2, -0.15) is 0 Å². The molecule has 0 fully saturated rings. The van der Waals surface area contributed by atoms with Gasteiger partial charge < -0.3 is 9.68 Å². The number of hydrogen-bond donors (Lipinski definition) is 0. The van der Waals surface area contributed by atoms with Gasteiger partial charge in [-0.15, -0.1) is 9.24 Å². The molecular formula is C18H27N2O2P. The van der Waals surface area contributed by atoms with Gasteiger partial charge in [0.15, 0.2) is 0 Å². The highest BCUT2D eigenvalue weighted by Gasteiger charge is 2.18. The SMILES string of the molecule is CO/N=C(/C(C)=N/OCc1ccccc1P)C(C)C(C)=C(C)C. The standard InChI is InChI=1S/C18H27N2O2P/c1-12(2)13(3)14(4)18(20-21-6)15(5)19-22-11-16-9-7-8-10-17(16)23/h7-10,14H,11,23H2,1-6H3/b19-15+,20-18+. The molecular weight excluding hydrogens is 307 g/mol. The van der Waals surface area contributed by atoms with Gasteiger partial charge >= 0.3 is 0 Å². The van der Waals surface area contributed by atoms with Gasteiger partial charge in [0.2, 0.25) is 0 Å². The van der Waals surface area contributed by atoms with Gasteiger partial charge in [-0.25, -0.2) is 0 Å². The van der Waals surface area contributed by atoms with Crippen molar-refractivity contribution in [1.29, 1.82) is 0 Å². The Labute approximate surface area is 141 Å². The molecule has 0 N–H and O–H groups in total. The van der Waals surface area contributed by atoms with Crippen molar-refractivity contribution < 1.29 is 9.68 Å². The monoisotopic (exact) mass is 334 g/mol. The molecule has 126 valence electrons. The number of hydrogen-bond acceptors (Lipinski definition) is 4. The Balaban J connectivity index is 2.86. The summed E-state index contributed by atoms with van der Waals surface area (Å²) in [6.45, 7) is 10.7. The summed E-state index contributed by atoms with van der Waals surface area (Å²) in [5.74, 6) is 0.126. The molecule has 1 aromatic rings. The van der Waals surface area contributed by atoms with E-state index in [1.807, 2.05) is 31.2 Å². The lowest BCUT2D eigenvalue weighted by atomic mass is 9.92. The third-order valence-electron chi connectivity index (χ3n) is 3.89. The van der Waals surface area contributed by atoms with E-state index in [1.165, 1.54) is 11.1 Å². The summed E-state index contributed by atoms with van der Waals surface area (Å²) in [6.07, 6.45) is 0. The maximum absolute atomic E-state index is 5.50. The zero-order valence-electron chi connectivity index (χ0n) is 14.9. The number of oxime groups is 2. The van der Waals surface area contributed by atoms with E-state index in [-0.39, 0.29) is 5.92 Å². The Morgan fingerprint density at radius 3 is 2.35 bits per heavy atom. The highest BCUT2D eigenvalue weighted by atomic mass is 31.0. The predicted molar refractivity (Wildman–Crippen MR) is 101 cm³/mol. The van der Waals surface area contributed by atoms with Crippen molar-refractivity contribution in [3.8, 4) is 0 Å². The van der Waals surface area contributed by atoms with E-state index in [9.17, 15) is 0 Å². The molecule has 0 bridgehead atoms. The number of allylic oxidation sites excluding steroid dienone is 2. The molecule has 0 saturated carbocycles. The van der Waals surface area contributed by atoms with Crippen molar-refractivity contribution in [1.82, 2.24) is 0 Å². The minimum absolute atomic E-state index is 0.126. The fourth-order valence-corrected chi connectivity index (χ4v) is 2.40. The quantitative estimate of drug-likeness (QED) is 0.326. The molecule has 5 heteroatoms. The first kappa shape index (κ1) is 19.4. The van der Waals surface area contributed by atoms with Crippen LogP contribution in [0.1, 0.15) is 40.2 Å². The first-order chi connectivity index (χ1) is 10.9. The van der Waals surface area contributed by atoms with Gasteiger partial charge in [0.1, 0.15) is 25.1 Å². The van der Waals surface area contributed by atoms with Gasteiger partial charge in [0.25, 0.3) is 0 Å². The van der Waals surface area contributed by atoms with Crippen LogP contribution in [0.25, 0.3) is 0 Å². The molecule has 0 aliphatic rings. The average molecular weight is 334 g/mol. The van der Waals surface area contributed by atoms with Crippen LogP contribution in [0.4, 0.5) is 0 Å². The molecule has 0 aliphatic carbocycles. The summed E-state index contributed by atoms with van der Waals surface area (Å²) >= 11 is 0. The minimum atomic E-state index is 0.126. The van der Waals surface area contributed by atoms with Gasteiger partial charge in [-0.05, 0) is 38.6 Å². The maximum atomic E-state index is 5.50. The van der Waals surface area contributed by atoms with Gasteiger partial charge in [-0.3, -0.25) is 0 Å². The smallest absolute Gasteiger partial charge is 0.142 e. The second-order valence-electron chi connectivity index (χ2n) is 5.71.